The summed E-state index contributed by atoms with van der Waals surface area (Å²) in [4.78, 5) is 12.3. The van der Waals surface area contributed by atoms with E-state index in [4.69, 9.17) is 23.2 Å². The van der Waals surface area contributed by atoms with Gasteiger partial charge in [0, 0.05) is 11.8 Å². The highest BCUT2D eigenvalue weighted by Gasteiger charge is 2.33. The molecule has 5 heteroatoms. The Hall–Kier alpha value is -0.770. The van der Waals surface area contributed by atoms with Gasteiger partial charge in [-0.15, -0.1) is 23.2 Å². The van der Waals surface area contributed by atoms with Gasteiger partial charge in [-0.05, 0) is 23.5 Å². The largest absolute Gasteiger partial charge is 0.394 e. The summed E-state index contributed by atoms with van der Waals surface area (Å²) in [6.07, 6.45) is 0. The summed E-state index contributed by atoms with van der Waals surface area (Å²) in [5, 5.41) is 12.4. The van der Waals surface area contributed by atoms with Crippen LogP contribution in [0.15, 0.2) is 24.3 Å². The summed E-state index contributed by atoms with van der Waals surface area (Å²) in [6.45, 7) is 7.94. The Morgan fingerprint density at radius 1 is 1.14 bits per heavy atom. The van der Waals surface area contributed by atoms with Crippen LogP contribution in [0.2, 0.25) is 0 Å². The predicted octanol–water partition coefficient (Wildman–Crippen LogP) is 3.62. The van der Waals surface area contributed by atoms with Crippen LogP contribution in [-0.4, -0.2) is 29.4 Å². The molecule has 0 aromatic heterocycles. The Morgan fingerprint density at radius 2 is 1.64 bits per heavy atom. The van der Waals surface area contributed by atoms with Crippen molar-refractivity contribution in [1.29, 1.82) is 0 Å². The highest BCUT2D eigenvalue weighted by Crippen LogP contribution is 2.25. The second-order valence-corrected chi connectivity index (χ2v) is 7.44. The number of carbonyl (C=O) groups is 1. The quantitative estimate of drug-likeness (QED) is 0.773. The predicted molar refractivity (Wildman–Crippen MR) is 92.7 cm³/mol. The van der Waals surface area contributed by atoms with Gasteiger partial charge in [-0.25, -0.2) is 0 Å². The van der Waals surface area contributed by atoms with E-state index >= 15 is 0 Å². The fourth-order valence-electron chi connectivity index (χ4n) is 1.94. The lowest BCUT2D eigenvalue weighted by molar-refractivity contribution is -0.129. The van der Waals surface area contributed by atoms with Crippen molar-refractivity contribution in [2.45, 2.75) is 39.2 Å². The first-order valence-corrected chi connectivity index (χ1v) is 8.39. The van der Waals surface area contributed by atoms with Gasteiger partial charge in [0.1, 0.15) is 0 Å². The molecule has 1 rings (SSSR count). The molecule has 22 heavy (non-hydrogen) atoms. The summed E-state index contributed by atoms with van der Waals surface area (Å²) < 4.78 is 0. The number of benzene rings is 1. The van der Waals surface area contributed by atoms with Crippen molar-refractivity contribution in [3.63, 3.8) is 0 Å². The molecule has 0 saturated carbocycles. The number of amides is 1. The van der Waals surface area contributed by atoms with Crippen LogP contribution >= 0.6 is 23.2 Å². The number of aliphatic hydroxyl groups excluding tert-OH is 1. The molecular formula is C17H25Cl2NO2. The third-order valence-corrected chi connectivity index (χ3v) is 4.98. The third-order valence-electron chi connectivity index (χ3n) is 3.81. The number of alkyl halides is 2. The number of rotatable bonds is 6. The molecule has 3 nitrogen and oxygen atoms in total. The number of carbonyl (C=O) groups excluding carboxylic acids is 1. The summed E-state index contributed by atoms with van der Waals surface area (Å²) in [7, 11) is 0. The zero-order valence-corrected chi connectivity index (χ0v) is 15.1. The summed E-state index contributed by atoms with van der Waals surface area (Å²) in [5.41, 5.74) is 1.27. The molecule has 0 bridgehead atoms. The SMILES string of the molecule is CC(CCl)(CCl)C(=O)NC(CO)c1ccc(C(C)(C)C)cc1. The molecule has 1 unspecified atom stereocenters. The molecule has 0 spiro atoms. The van der Waals surface area contributed by atoms with Crippen molar-refractivity contribution in [2.24, 2.45) is 5.41 Å². The third kappa shape index (κ3) is 4.61. The Morgan fingerprint density at radius 3 is 2.00 bits per heavy atom. The standard InChI is InChI=1S/C17H25Cl2NO2/c1-16(2,3)13-7-5-12(6-8-13)14(9-21)20-15(22)17(4,10-18)11-19/h5-8,14,21H,9-11H2,1-4H3,(H,20,22). The lowest BCUT2D eigenvalue weighted by Crippen LogP contribution is -2.44. The molecule has 0 radical (unpaired) electrons. The second kappa shape index (κ2) is 7.67. The zero-order chi connectivity index (χ0) is 17.0. The summed E-state index contributed by atoms with van der Waals surface area (Å²) in [6, 6.07) is 7.44. The maximum absolute atomic E-state index is 12.3. The van der Waals surface area contributed by atoms with Crippen molar-refractivity contribution in [3.8, 4) is 0 Å². The molecule has 0 aliphatic carbocycles. The van der Waals surface area contributed by atoms with Crippen molar-refractivity contribution in [1.82, 2.24) is 5.32 Å². The molecule has 1 aromatic carbocycles. The van der Waals surface area contributed by atoms with E-state index in [0.717, 1.165) is 5.56 Å². The topological polar surface area (TPSA) is 49.3 Å². The normalized spacial score (nSPS) is 13.8. The fourth-order valence-corrected chi connectivity index (χ4v) is 2.47. The Labute approximate surface area is 143 Å². The zero-order valence-electron chi connectivity index (χ0n) is 13.6. The van der Waals surface area contributed by atoms with E-state index in [1.165, 1.54) is 5.56 Å². The van der Waals surface area contributed by atoms with Crippen molar-refractivity contribution < 1.29 is 9.90 Å². The highest BCUT2D eigenvalue weighted by molar-refractivity contribution is 6.24. The van der Waals surface area contributed by atoms with Crippen molar-refractivity contribution in [3.05, 3.63) is 35.4 Å². The van der Waals surface area contributed by atoms with Crippen LogP contribution in [-0.2, 0) is 10.2 Å². The first-order valence-electron chi connectivity index (χ1n) is 7.32. The lowest BCUT2D eigenvalue weighted by Gasteiger charge is -2.27. The lowest BCUT2D eigenvalue weighted by atomic mass is 9.86. The first-order chi connectivity index (χ1) is 10.2. The van der Waals surface area contributed by atoms with Crippen LogP contribution in [0.4, 0.5) is 0 Å². The van der Waals surface area contributed by atoms with E-state index in [1.807, 2.05) is 24.3 Å². The van der Waals surface area contributed by atoms with E-state index in [2.05, 4.69) is 26.1 Å². The van der Waals surface area contributed by atoms with E-state index in [9.17, 15) is 9.90 Å². The van der Waals surface area contributed by atoms with Crippen molar-refractivity contribution >= 4 is 29.1 Å². The van der Waals surface area contributed by atoms with Gasteiger partial charge < -0.3 is 10.4 Å². The van der Waals surface area contributed by atoms with E-state index < -0.39 is 11.5 Å². The van der Waals surface area contributed by atoms with Gasteiger partial charge in [0.05, 0.1) is 18.1 Å². The molecule has 0 fully saturated rings. The van der Waals surface area contributed by atoms with Crippen LogP contribution in [0, 0.1) is 5.41 Å². The number of hydrogen-bond donors (Lipinski definition) is 2. The molecule has 2 N–H and O–H groups in total. The average molecular weight is 346 g/mol. The maximum atomic E-state index is 12.3. The Balaban J connectivity index is 2.91. The van der Waals surface area contributed by atoms with Crippen LogP contribution in [0.1, 0.15) is 44.9 Å². The van der Waals surface area contributed by atoms with Crippen LogP contribution in [0.25, 0.3) is 0 Å². The van der Waals surface area contributed by atoms with E-state index in [0.29, 0.717) is 0 Å². The molecule has 1 amide bonds. The van der Waals surface area contributed by atoms with Crippen LogP contribution < -0.4 is 5.32 Å². The Bertz CT molecular complexity index is 490. The minimum Gasteiger partial charge on any atom is -0.394 e. The molecule has 0 aliphatic rings. The second-order valence-electron chi connectivity index (χ2n) is 6.91. The van der Waals surface area contributed by atoms with E-state index in [1.54, 1.807) is 6.92 Å². The van der Waals surface area contributed by atoms with Gasteiger partial charge in [-0.2, -0.15) is 0 Å². The maximum Gasteiger partial charge on any atom is 0.228 e. The smallest absolute Gasteiger partial charge is 0.228 e. The first kappa shape index (κ1) is 19.3. The number of nitrogens with one attached hydrogen (secondary N) is 1. The van der Waals surface area contributed by atoms with Gasteiger partial charge in [0.15, 0.2) is 0 Å². The molecule has 1 atom stereocenters. The Kier molecular flexibility index (Phi) is 6.72. The molecule has 0 aliphatic heterocycles. The van der Waals surface area contributed by atoms with Gasteiger partial charge in [0.25, 0.3) is 0 Å². The van der Waals surface area contributed by atoms with Gasteiger partial charge in [-0.1, -0.05) is 45.0 Å². The minimum atomic E-state index is -0.845. The van der Waals surface area contributed by atoms with E-state index in [-0.39, 0.29) is 29.7 Å². The molecular weight excluding hydrogens is 321 g/mol. The summed E-state index contributed by atoms with van der Waals surface area (Å²) in [5.74, 6) is 0.00354. The molecule has 0 heterocycles. The fraction of sp³-hybridized carbons (Fsp3) is 0.588. The number of hydrogen-bond acceptors (Lipinski definition) is 2. The van der Waals surface area contributed by atoms with Gasteiger partial charge >= 0.3 is 0 Å². The van der Waals surface area contributed by atoms with Gasteiger partial charge in [0.2, 0.25) is 5.91 Å². The van der Waals surface area contributed by atoms with Crippen molar-refractivity contribution in [2.75, 3.05) is 18.4 Å². The van der Waals surface area contributed by atoms with Crippen LogP contribution in [0.5, 0.6) is 0 Å². The summed E-state index contributed by atoms with van der Waals surface area (Å²) >= 11 is 11.7. The average Bonchev–Trinajstić information content (AvgIpc) is 2.50. The van der Waals surface area contributed by atoms with Gasteiger partial charge in [-0.3, -0.25) is 4.79 Å². The van der Waals surface area contributed by atoms with Crippen LogP contribution in [0.3, 0.4) is 0 Å². The highest BCUT2D eigenvalue weighted by atomic mass is 35.5. The monoisotopic (exact) mass is 345 g/mol. The number of halogens is 2. The minimum absolute atomic E-state index is 0.0618. The molecule has 124 valence electrons. The molecule has 0 saturated heterocycles. The molecule has 1 aromatic rings. The number of aliphatic hydroxyl groups is 1.